The Balaban J connectivity index is 1.57. The van der Waals surface area contributed by atoms with E-state index >= 15 is 0 Å². The monoisotopic (exact) mass is 418 g/mol. The summed E-state index contributed by atoms with van der Waals surface area (Å²) in [7, 11) is 1.65. The molecule has 0 bridgehead atoms. The number of fused-ring (bicyclic) bond motifs is 4. The largest absolute Gasteiger partial charge is 0.497 e. The number of Topliss-reactive ketones (excluding diaryl/α,β-unsaturated/α-hetero) is 1. The van der Waals surface area contributed by atoms with Gasteiger partial charge in [0.25, 0.3) is 0 Å². The van der Waals surface area contributed by atoms with Crippen LogP contribution in [0.25, 0.3) is 17.0 Å². The second-order valence-corrected chi connectivity index (χ2v) is 8.23. The fraction of sp³-hybridized carbons (Fsp3) is 0.320. The summed E-state index contributed by atoms with van der Waals surface area (Å²) in [5, 5.41) is 1.03. The van der Waals surface area contributed by atoms with Crippen molar-refractivity contribution in [2.45, 2.75) is 39.9 Å². The summed E-state index contributed by atoms with van der Waals surface area (Å²) in [5.41, 5.74) is 3.56. The third-order valence-corrected chi connectivity index (χ3v) is 6.12. The minimum absolute atomic E-state index is 0.0974. The number of aryl methyl sites for hydroxylation is 1. The van der Waals surface area contributed by atoms with Crippen molar-refractivity contribution in [3.05, 3.63) is 59.0 Å². The minimum Gasteiger partial charge on any atom is -0.497 e. The molecule has 160 valence electrons. The number of carbonyl (C=O) groups is 1. The fourth-order valence-electron chi connectivity index (χ4n) is 4.26. The van der Waals surface area contributed by atoms with Gasteiger partial charge in [0.1, 0.15) is 24.0 Å². The molecule has 0 unspecified atom stereocenters. The van der Waals surface area contributed by atoms with Gasteiger partial charge in [-0.1, -0.05) is 0 Å². The first-order valence-electron chi connectivity index (χ1n) is 10.6. The van der Waals surface area contributed by atoms with Crippen molar-refractivity contribution in [2.75, 3.05) is 13.8 Å². The number of ketones is 1. The van der Waals surface area contributed by atoms with Gasteiger partial charge >= 0.3 is 0 Å². The van der Waals surface area contributed by atoms with Crippen molar-refractivity contribution in [2.24, 2.45) is 0 Å². The highest BCUT2D eigenvalue weighted by atomic mass is 16.5. The molecule has 0 fully saturated rings. The first kappa shape index (κ1) is 19.7. The van der Waals surface area contributed by atoms with E-state index in [2.05, 4.69) is 36.4 Å². The number of hydrogen-bond acceptors (Lipinski definition) is 5. The Labute approximate surface area is 181 Å². The maximum atomic E-state index is 13.2. The molecule has 0 spiro atoms. The third kappa shape index (κ3) is 3.18. The van der Waals surface area contributed by atoms with Crippen LogP contribution in [0.3, 0.4) is 0 Å². The third-order valence-electron chi connectivity index (χ3n) is 6.12. The van der Waals surface area contributed by atoms with Crippen molar-refractivity contribution in [1.29, 1.82) is 0 Å². The maximum Gasteiger partial charge on any atom is 0.231 e. The molecule has 2 aromatic carbocycles. The van der Waals surface area contributed by atoms with Gasteiger partial charge in [-0.15, -0.1) is 0 Å². The summed E-state index contributed by atoms with van der Waals surface area (Å²) in [6.07, 6.45) is 3.89. The minimum atomic E-state index is -0.0974. The van der Waals surface area contributed by atoms with E-state index in [1.54, 1.807) is 13.2 Å². The van der Waals surface area contributed by atoms with Gasteiger partial charge in [-0.05, 0) is 57.2 Å². The van der Waals surface area contributed by atoms with Gasteiger partial charge in [0.15, 0.2) is 5.76 Å². The van der Waals surface area contributed by atoms with Crippen molar-refractivity contribution in [1.82, 2.24) is 9.47 Å². The molecular weight excluding hydrogens is 392 g/mol. The summed E-state index contributed by atoms with van der Waals surface area (Å²) in [5.74, 6) is 2.43. The molecule has 0 aliphatic carbocycles. The van der Waals surface area contributed by atoms with Crippen LogP contribution in [0.1, 0.15) is 42.3 Å². The van der Waals surface area contributed by atoms with Crippen LogP contribution < -0.4 is 14.2 Å². The van der Waals surface area contributed by atoms with Crippen LogP contribution >= 0.6 is 0 Å². The van der Waals surface area contributed by atoms with Gasteiger partial charge < -0.3 is 18.8 Å². The summed E-state index contributed by atoms with van der Waals surface area (Å²) in [6, 6.07) is 10.0. The van der Waals surface area contributed by atoms with Gasteiger partial charge in [0.2, 0.25) is 5.78 Å². The molecule has 0 saturated carbocycles. The molecule has 0 radical (unpaired) electrons. The van der Waals surface area contributed by atoms with E-state index in [9.17, 15) is 4.79 Å². The van der Waals surface area contributed by atoms with Gasteiger partial charge in [-0.3, -0.25) is 9.69 Å². The molecule has 6 heteroatoms. The van der Waals surface area contributed by atoms with Crippen LogP contribution in [0.2, 0.25) is 0 Å². The van der Waals surface area contributed by atoms with Gasteiger partial charge in [-0.25, -0.2) is 0 Å². The van der Waals surface area contributed by atoms with E-state index in [-0.39, 0.29) is 5.78 Å². The van der Waals surface area contributed by atoms with Gasteiger partial charge in [0.05, 0.1) is 18.2 Å². The SMILES string of the molecule is CCn1cc(/C=C2/Oc3c(ccc4c3CN(C(C)C)CO4)C2=O)c2cc(OC)ccc21. The Morgan fingerprint density at radius 1 is 1.23 bits per heavy atom. The van der Waals surface area contributed by atoms with E-state index in [4.69, 9.17) is 14.2 Å². The van der Waals surface area contributed by atoms with Crippen LogP contribution in [0, 0.1) is 0 Å². The van der Waals surface area contributed by atoms with Gasteiger partial charge in [-0.2, -0.15) is 0 Å². The molecular formula is C25H26N2O4. The van der Waals surface area contributed by atoms with Crippen molar-refractivity contribution in [3.63, 3.8) is 0 Å². The van der Waals surface area contributed by atoms with Crippen LogP contribution in [0.5, 0.6) is 17.2 Å². The molecule has 0 N–H and O–H groups in total. The molecule has 2 aliphatic rings. The van der Waals surface area contributed by atoms with Crippen LogP contribution in [0.4, 0.5) is 0 Å². The highest BCUT2D eigenvalue weighted by molar-refractivity contribution is 6.15. The highest BCUT2D eigenvalue weighted by Crippen LogP contribution is 2.42. The molecule has 5 rings (SSSR count). The number of aromatic nitrogens is 1. The molecule has 0 atom stereocenters. The lowest BCUT2D eigenvalue weighted by atomic mass is 10.0. The number of benzene rings is 2. The zero-order chi connectivity index (χ0) is 21.7. The molecule has 0 amide bonds. The lowest BCUT2D eigenvalue weighted by Gasteiger charge is -2.32. The predicted octanol–water partition coefficient (Wildman–Crippen LogP) is 4.85. The molecule has 3 heterocycles. The Kier molecular flexibility index (Phi) is 4.74. The number of ether oxygens (including phenoxy) is 3. The normalized spacial score (nSPS) is 17.1. The number of rotatable bonds is 4. The van der Waals surface area contributed by atoms with Crippen molar-refractivity contribution < 1.29 is 19.0 Å². The van der Waals surface area contributed by atoms with E-state index in [0.717, 1.165) is 40.1 Å². The second-order valence-electron chi connectivity index (χ2n) is 8.23. The maximum absolute atomic E-state index is 13.2. The molecule has 31 heavy (non-hydrogen) atoms. The van der Waals surface area contributed by atoms with Crippen molar-refractivity contribution >= 4 is 22.8 Å². The van der Waals surface area contributed by atoms with Crippen LogP contribution in [-0.2, 0) is 13.1 Å². The first-order chi connectivity index (χ1) is 15.0. The molecule has 3 aromatic rings. The summed E-state index contributed by atoms with van der Waals surface area (Å²) in [4.78, 5) is 15.4. The van der Waals surface area contributed by atoms with Gasteiger partial charge in [0, 0.05) is 41.8 Å². The number of methoxy groups -OCH3 is 1. The zero-order valence-corrected chi connectivity index (χ0v) is 18.3. The molecule has 6 nitrogen and oxygen atoms in total. The summed E-state index contributed by atoms with van der Waals surface area (Å²) < 4.78 is 19.6. The van der Waals surface area contributed by atoms with E-state index in [1.807, 2.05) is 30.3 Å². The fourth-order valence-corrected chi connectivity index (χ4v) is 4.26. The van der Waals surface area contributed by atoms with E-state index < -0.39 is 0 Å². The van der Waals surface area contributed by atoms with E-state index in [0.29, 0.717) is 36.4 Å². The quantitative estimate of drug-likeness (QED) is 0.567. The number of allylic oxidation sites excluding steroid dienone is 1. The number of nitrogens with zero attached hydrogens (tertiary/aromatic N) is 2. The standard InChI is InChI=1S/C25H26N2O4/c1-5-26-12-16(19-11-17(29-4)6-8-21(19)26)10-23-24(28)18-7-9-22-20(25(18)31-23)13-27(14-30-22)15(2)3/h6-12,15H,5,13-14H2,1-4H3/b23-10+. The summed E-state index contributed by atoms with van der Waals surface area (Å²) >= 11 is 0. The Morgan fingerprint density at radius 3 is 2.81 bits per heavy atom. The van der Waals surface area contributed by atoms with Crippen molar-refractivity contribution in [3.8, 4) is 17.2 Å². The Morgan fingerprint density at radius 2 is 2.06 bits per heavy atom. The Bertz CT molecular complexity index is 1220. The smallest absolute Gasteiger partial charge is 0.231 e. The average Bonchev–Trinajstić information content (AvgIpc) is 3.30. The Hall–Kier alpha value is -3.25. The summed E-state index contributed by atoms with van der Waals surface area (Å²) in [6.45, 7) is 8.43. The van der Waals surface area contributed by atoms with Crippen LogP contribution in [-0.4, -0.2) is 35.1 Å². The lowest BCUT2D eigenvalue weighted by molar-refractivity contribution is 0.0674. The topological polar surface area (TPSA) is 52.9 Å². The average molecular weight is 418 g/mol. The predicted molar refractivity (Wildman–Crippen MR) is 120 cm³/mol. The number of hydrogen-bond donors (Lipinski definition) is 0. The zero-order valence-electron chi connectivity index (χ0n) is 18.3. The first-order valence-corrected chi connectivity index (χ1v) is 10.6. The van der Waals surface area contributed by atoms with E-state index in [1.165, 1.54) is 0 Å². The van der Waals surface area contributed by atoms with Crippen LogP contribution in [0.15, 0.2) is 42.3 Å². The molecule has 1 aromatic heterocycles. The highest BCUT2D eigenvalue weighted by Gasteiger charge is 2.34. The lowest BCUT2D eigenvalue weighted by Crippen LogP contribution is -2.37. The molecule has 0 saturated heterocycles. The number of carbonyl (C=O) groups excluding carboxylic acids is 1. The molecule has 2 aliphatic heterocycles. The second kappa shape index (κ2) is 7.46.